The highest BCUT2D eigenvalue weighted by Gasteiger charge is 2.25. The summed E-state index contributed by atoms with van der Waals surface area (Å²) in [5, 5.41) is 0. The number of amides is 1. The molecule has 2 heterocycles. The molecule has 126 valence electrons. The fraction of sp³-hybridized carbons (Fsp3) is 0.722. The summed E-state index contributed by atoms with van der Waals surface area (Å²) in [5.41, 5.74) is 0. The SMILES string of the molecule is O=C(CCC1CCCCC1)N1CCC(Oc2ncccn2)CC1. The number of rotatable bonds is 5. The van der Waals surface area contributed by atoms with Crippen LogP contribution in [0, 0.1) is 5.92 Å². The average Bonchev–Trinajstić information content (AvgIpc) is 2.62. The topological polar surface area (TPSA) is 55.3 Å². The summed E-state index contributed by atoms with van der Waals surface area (Å²) < 4.78 is 5.78. The Morgan fingerprint density at radius 3 is 2.48 bits per heavy atom. The summed E-state index contributed by atoms with van der Waals surface area (Å²) in [5.74, 6) is 1.11. The summed E-state index contributed by atoms with van der Waals surface area (Å²) in [6.07, 6.45) is 13.8. The molecule has 1 aliphatic heterocycles. The lowest BCUT2D eigenvalue weighted by molar-refractivity contribution is -0.133. The zero-order valence-electron chi connectivity index (χ0n) is 13.8. The van der Waals surface area contributed by atoms with Gasteiger partial charge in [-0.1, -0.05) is 32.1 Å². The Balaban J connectivity index is 1.37. The van der Waals surface area contributed by atoms with E-state index < -0.39 is 0 Å². The van der Waals surface area contributed by atoms with Gasteiger partial charge < -0.3 is 9.64 Å². The standard InChI is InChI=1S/C18H27N3O2/c22-17(8-7-15-5-2-1-3-6-15)21-13-9-16(10-14-21)23-18-19-11-4-12-20-18/h4,11-12,15-16H,1-3,5-10,13-14H2. The molecule has 0 N–H and O–H groups in total. The van der Waals surface area contributed by atoms with Gasteiger partial charge in [0.15, 0.2) is 0 Å². The first-order valence-electron chi connectivity index (χ1n) is 9.03. The minimum Gasteiger partial charge on any atom is -0.460 e. The Morgan fingerprint density at radius 2 is 1.78 bits per heavy atom. The molecule has 0 bridgehead atoms. The molecule has 0 atom stereocenters. The quantitative estimate of drug-likeness (QED) is 0.837. The van der Waals surface area contributed by atoms with Crippen LogP contribution in [0.3, 0.4) is 0 Å². The molecule has 1 amide bonds. The third-order valence-electron chi connectivity index (χ3n) is 5.10. The van der Waals surface area contributed by atoms with E-state index >= 15 is 0 Å². The molecule has 1 aliphatic carbocycles. The molecule has 3 rings (SSSR count). The first kappa shape index (κ1) is 16.2. The zero-order chi connectivity index (χ0) is 15.9. The van der Waals surface area contributed by atoms with Gasteiger partial charge in [0, 0.05) is 44.7 Å². The number of hydrogen-bond donors (Lipinski definition) is 0. The molecule has 0 unspecified atom stereocenters. The highest BCUT2D eigenvalue weighted by Crippen LogP contribution is 2.27. The molecule has 1 saturated heterocycles. The Kier molecular flexibility index (Phi) is 5.83. The largest absolute Gasteiger partial charge is 0.460 e. The van der Waals surface area contributed by atoms with Gasteiger partial charge in [0.25, 0.3) is 0 Å². The third-order valence-corrected chi connectivity index (χ3v) is 5.10. The Labute approximate surface area is 138 Å². The predicted molar refractivity (Wildman–Crippen MR) is 88.1 cm³/mol. The van der Waals surface area contributed by atoms with Crippen molar-refractivity contribution in [2.24, 2.45) is 5.92 Å². The number of ether oxygens (including phenoxy) is 1. The summed E-state index contributed by atoms with van der Waals surface area (Å²) in [7, 11) is 0. The summed E-state index contributed by atoms with van der Waals surface area (Å²) in [6, 6.07) is 2.22. The van der Waals surface area contributed by atoms with Crippen molar-refractivity contribution in [2.75, 3.05) is 13.1 Å². The van der Waals surface area contributed by atoms with Crippen LogP contribution in [0.1, 0.15) is 57.8 Å². The van der Waals surface area contributed by atoms with Crippen LogP contribution in [-0.4, -0.2) is 40.0 Å². The van der Waals surface area contributed by atoms with Crippen LogP contribution in [0.4, 0.5) is 0 Å². The Hall–Kier alpha value is -1.65. The van der Waals surface area contributed by atoms with Gasteiger partial charge in [-0.25, -0.2) is 9.97 Å². The number of nitrogens with zero attached hydrogens (tertiary/aromatic N) is 3. The monoisotopic (exact) mass is 317 g/mol. The minimum absolute atomic E-state index is 0.125. The maximum absolute atomic E-state index is 12.4. The van der Waals surface area contributed by atoms with E-state index in [0.717, 1.165) is 44.7 Å². The maximum Gasteiger partial charge on any atom is 0.316 e. The van der Waals surface area contributed by atoms with Crippen molar-refractivity contribution in [3.8, 4) is 6.01 Å². The van der Waals surface area contributed by atoms with Crippen LogP contribution in [0.2, 0.25) is 0 Å². The normalized spacial score (nSPS) is 20.4. The highest BCUT2D eigenvalue weighted by molar-refractivity contribution is 5.76. The van der Waals surface area contributed by atoms with Crippen molar-refractivity contribution >= 4 is 5.91 Å². The number of likely N-dealkylation sites (tertiary alicyclic amines) is 1. The van der Waals surface area contributed by atoms with Crippen molar-refractivity contribution in [3.63, 3.8) is 0 Å². The first-order chi connectivity index (χ1) is 11.3. The number of aromatic nitrogens is 2. The van der Waals surface area contributed by atoms with E-state index in [0.29, 0.717) is 11.9 Å². The molecule has 1 saturated carbocycles. The van der Waals surface area contributed by atoms with Gasteiger partial charge in [-0.15, -0.1) is 0 Å². The summed E-state index contributed by atoms with van der Waals surface area (Å²) >= 11 is 0. The second-order valence-corrected chi connectivity index (χ2v) is 6.77. The van der Waals surface area contributed by atoms with Gasteiger partial charge in [0.05, 0.1) is 0 Å². The molecular formula is C18H27N3O2. The molecule has 1 aromatic rings. The van der Waals surface area contributed by atoms with E-state index in [-0.39, 0.29) is 6.10 Å². The van der Waals surface area contributed by atoms with Gasteiger partial charge in [-0.2, -0.15) is 0 Å². The van der Waals surface area contributed by atoms with Crippen molar-refractivity contribution in [3.05, 3.63) is 18.5 Å². The molecule has 1 aromatic heterocycles. The average molecular weight is 317 g/mol. The van der Waals surface area contributed by atoms with Crippen molar-refractivity contribution < 1.29 is 9.53 Å². The highest BCUT2D eigenvalue weighted by atomic mass is 16.5. The third kappa shape index (κ3) is 4.91. The summed E-state index contributed by atoms with van der Waals surface area (Å²) in [4.78, 5) is 22.6. The van der Waals surface area contributed by atoms with Crippen LogP contribution >= 0.6 is 0 Å². The molecular weight excluding hydrogens is 290 g/mol. The molecule has 0 spiro atoms. The van der Waals surface area contributed by atoms with Gasteiger partial charge in [0.2, 0.25) is 5.91 Å². The van der Waals surface area contributed by atoms with E-state index in [9.17, 15) is 4.79 Å². The zero-order valence-corrected chi connectivity index (χ0v) is 13.8. The number of carbonyl (C=O) groups excluding carboxylic acids is 1. The molecule has 23 heavy (non-hydrogen) atoms. The fourth-order valence-corrected chi connectivity index (χ4v) is 3.68. The predicted octanol–water partition coefficient (Wildman–Crippen LogP) is 3.21. The van der Waals surface area contributed by atoms with Crippen LogP contribution in [-0.2, 0) is 4.79 Å². The van der Waals surface area contributed by atoms with Gasteiger partial charge in [-0.05, 0) is 18.4 Å². The van der Waals surface area contributed by atoms with Gasteiger partial charge in [-0.3, -0.25) is 4.79 Å². The van der Waals surface area contributed by atoms with E-state index in [1.165, 1.54) is 32.1 Å². The smallest absolute Gasteiger partial charge is 0.316 e. The lowest BCUT2D eigenvalue weighted by Crippen LogP contribution is -2.42. The first-order valence-corrected chi connectivity index (χ1v) is 9.03. The molecule has 5 heteroatoms. The summed E-state index contributed by atoms with van der Waals surface area (Å²) in [6.45, 7) is 1.59. The molecule has 2 aliphatic rings. The lowest BCUT2D eigenvalue weighted by atomic mass is 9.86. The number of carbonyl (C=O) groups is 1. The minimum atomic E-state index is 0.125. The fourth-order valence-electron chi connectivity index (χ4n) is 3.68. The van der Waals surface area contributed by atoms with Crippen LogP contribution in [0.25, 0.3) is 0 Å². The Morgan fingerprint density at radius 1 is 1.09 bits per heavy atom. The van der Waals surface area contributed by atoms with Crippen LogP contribution in [0.15, 0.2) is 18.5 Å². The number of hydrogen-bond acceptors (Lipinski definition) is 4. The van der Waals surface area contributed by atoms with Crippen molar-refractivity contribution in [2.45, 2.75) is 63.9 Å². The molecule has 5 nitrogen and oxygen atoms in total. The van der Waals surface area contributed by atoms with E-state index in [4.69, 9.17) is 4.74 Å². The molecule has 0 radical (unpaired) electrons. The Bertz CT molecular complexity index is 480. The molecule has 2 fully saturated rings. The number of piperidine rings is 1. The second-order valence-electron chi connectivity index (χ2n) is 6.77. The maximum atomic E-state index is 12.4. The van der Waals surface area contributed by atoms with Crippen LogP contribution in [0.5, 0.6) is 6.01 Å². The lowest BCUT2D eigenvalue weighted by Gasteiger charge is -2.32. The van der Waals surface area contributed by atoms with Crippen LogP contribution < -0.4 is 4.74 Å². The van der Waals surface area contributed by atoms with Crippen molar-refractivity contribution in [1.82, 2.24) is 14.9 Å². The van der Waals surface area contributed by atoms with Crippen molar-refractivity contribution in [1.29, 1.82) is 0 Å². The van der Waals surface area contributed by atoms with E-state index in [1.54, 1.807) is 18.5 Å². The molecule has 0 aromatic carbocycles. The van der Waals surface area contributed by atoms with E-state index in [2.05, 4.69) is 9.97 Å². The second kappa shape index (κ2) is 8.27. The van der Waals surface area contributed by atoms with E-state index in [1.807, 2.05) is 4.90 Å². The van der Waals surface area contributed by atoms with Gasteiger partial charge >= 0.3 is 6.01 Å². The van der Waals surface area contributed by atoms with Gasteiger partial charge in [0.1, 0.15) is 6.10 Å².